The first kappa shape index (κ1) is 13.5. The van der Waals surface area contributed by atoms with E-state index in [4.69, 9.17) is 4.74 Å². The summed E-state index contributed by atoms with van der Waals surface area (Å²) < 4.78 is 20.1. The Morgan fingerprint density at radius 2 is 2.43 bits per heavy atom. The number of rotatable bonds is 3. The molecule has 1 aromatic heterocycles. The van der Waals surface area contributed by atoms with E-state index in [1.54, 1.807) is 6.07 Å². The van der Waals surface area contributed by atoms with Crippen LogP contribution in [0.25, 0.3) is 0 Å². The van der Waals surface area contributed by atoms with Crippen molar-refractivity contribution in [3.8, 4) is 5.75 Å². The number of fused-ring (bicyclic) bond motifs is 1. The van der Waals surface area contributed by atoms with Crippen LogP contribution in [0.5, 0.6) is 5.75 Å². The third kappa shape index (κ3) is 3.15. The molecule has 1 aliphatic rings. The van der Waals surface area contributed by atoms with Crippen molar-refractivity contribution in [3.63, 3.8) is 0 Å². The predicted molar refractivity (Wildman–Crippen MR) is 69.8 cm³/mol. The second-order valence-electron chi connectivity index (χ2n) is 4.80. The van der Waals surface area contributed by atoms with Gasteiger partial charge >= 0.3 is 0 Å². The molecule has 0 radical (unpaired) electrons. The average Bonchev–Trinajstić information content (AvgIpc) is 2.87. The molecule has 1 aliphatic heterocycles. The van der Waals surface area contributed by atoms with Gasteiger partial charge in [0.1, 0.15) is 24.4 Å². The van der Waals surface area contributed by atoms with Crippen molar-refractivity contribution in [2.24, 2.45) is 0 Å². The molecule has 2 aromatic rings. The first-order valence-electron chi connectivity index (χ1n) is 6.65. The number of ether oxygens (including phenoxy) is 1. The van der Waals surface area contributed by atoms with E-state index in [2.05, 4.69) is 20.8 Å². The van der Waals surface area contributed by atoms with Crippen LogP contribution >= 0.6 is 0 Å². The van der Waals surface area contributed by atoms with Gasteiger partial charge in [0.05, 0.1) is 12.6 Å². The van der Waals surface area contributed by atoms with Crippen molar-refractivity contribution in [1.29, 1.82) is 0 Å². The van der Waals surface area contributed by atoms with Crippen molar-refractivity contribution >= 4 is 5.91 Å². The minimum atomic E-state index is -0.352. The van der Waals surface area contributed by atoms with Gasteiger partial charge in [-0.2, -0.15) is 0 Å². The van der Waals surface area contributed by atoms with Crippen molar-refractivity contribution in [2.45, 2.75) is 25.4 Å². The summed E-state index contributed by atoms with van der Waals surface area (Å²) in [6.07, 6.45) is 2.89. The van der Waals surface area contributed by atoms with E-state index in [1.807, 2.05) is 0 Å². The number of halogens is 1. The summed E-state index contributed by atoms with van der Waals surface area (Å²) in [5, 5.41) is 13.5. The van der Waals surface area contributed by atoms with Gasteiger partial charge in [-0.3, -0.25) is 4.79 Å². The smallest absolute Gasteiger partial charge is 0.242 e. The van der Waals surface area contributed by atoms with Crippen LogP contribution in [-0.4, -0.2) is 32.7 Å². The van der Waals surface area contributed by atoms with Crippen LogP contribution in [0.15, 0.2) is 24.5 Å². The zero-order valence-electron chi connectivity index (χ0n) is 11.2. The van der Waals surface area contributed by atoms with Crippen molar-refractivity contribution in [1.82, 2.24) is 25.5 Å². The molecule has 0 saturated heterocycles. The van der Waals surface area contributed by atoms with Gasteiger partial charge in [-0.05, 0) is 29.3 Å². The van der Waals surface area contributed by atoms with Crippen LogP contribution in [-0.2, 0) is 11.3 Å². The quantitative estimate of drug-likeness (QED) is 0.906. The Morgan fingerprint density at radius 3 is 3.24 bits per heavy atom. The monoisotopic (exact) mass is 291 g/mol. The molecule has 0 aliphatic carbocycles. The maximum Gasteiger partial charge on any atom is 0.242 e. The van der Waals surface area contributed by atoms with E-state index in [-0.39, 0.29) is 24.3 Å². The molecular weight excluding hydrogens is 277 g/mol. The van der Waals surface area contributed by atoms with Crippen molar-refractivity contribution in [3.05, 3.63) is 35.9 Å². The number of amides is 1. The number of benzene rings is 1. The molecule has 2 heterocycles. The molecule has 1 amide bonds. The summed E-state index contributed by atoms with van der Waals surface area (Å²) in [5.41, 5.74) is 0.791. The Kier molecular flexibility index (Phi) is 3.76. The fraction of sp³-hybridized carbons (Fsp3) is 0.385. The fourth-order valence-electron chi connectivity index (χ4n) is 2.34. The van der Waals surface area contributed by atoms with E-state index in [0.29, 0.717) is 12.4 Å². The lowest BCUT2D eigenvalue weighted by atomic mass is 10.0. The molecule has 0 fully saturated rings. The number of aromatic nitrogens is 4. The molecule has 3 rings (SSSR count). The molecule has 1 N–H and O–H groups in total. The number of tetrazole rings is 1. The molecule has 0 spiro atoms. The van der Waals surface area contributed by atoms with Gasteiger partial charge in [-0.25, -0.2) is 9.07 Å². The van der Waals surface area contributed by atoms with Crippen LogP contribution in [0.2, 0.25) is 0 Å². The predicted octanol–water partition coefficient (Wildman–Crippen LogP) is 0.842. The number of nitrogens with zero attached hydrogens (tertiary/aromatic N) is 4. The highest BCUT2D eigenvalue weighted by Crippen LogP contribution is 2.31. The molecule has 1 unspecified atom stereocenters. The Hall–Kier alpha value is -2.51. The number of hydrogen-bond donors (Lipinski definition) is 1. The maximum atomic E-state index is 13.3. The number of carbonyl (C=O) groups is 1. The van der Waals surface area contributed by atoms with E-state index in [1.165, 1.54) is 23.1 Å². The number of carbonyl (C=O) groups excluding carboxylic acids is 1. The van der Waals surface area contributed by atoms with Crippen LogP contribution in [0.4, 0.5) is 4.39 Å². The summed E-state index contributed by atoms with van der Waals surface area (Å²) in [4.78, 5) is 12.0. The summed E-state index contributed by atoms with van der Waals surface area (Å²) in [5.74, 6) is -0.0703. The lowest BCUT2D eigenvalue weighted by Crippen LogP contribution is -2.31. The number of hydrogen-bond acceptors (Lipinski definition) is 5. The van der Waals surface area contributed by atoms with Gasteiger partial charge in [0.15, 0.2) is 0 Å². The zero-order chi connectivity index (χ0) is 14.7. The Labute approximate surface area is 120 Å². The SMILES string of the molecule is O=C(Cn1cnnn1)NC1CCCOc2cc(F)ccc21. The summed E-state index contributed by atoms with van der Waals surface area (Å²) in [6.45, 7) is 0.552. The van der Waals surface area contributed by atoms with Gasteiger partial charge in [0.25, 0.3) is 0 Å². The highest BCUT2D eigenvalue weighted by atomic mass is 19.1. The van der Waals surface area contributed by atoms with Crippen molar-refractivity contribution in [2.75, 3.05) is 6.61 Å². The van der Waals surface area contributed by atoms with E-state index >= 15 is 0 Å². The molecule has 0 saturated carbocycles. The molecule has 8 heteroatoms. The van der Waals surface area contributed by atoms with Gasteiger partial charge in [-0.15, -0.1) is 5.10 Å². The van der Waals surface area contributed by atoms with E-state index in [9.17, 15) is 9.18 Å². The minimum Gasteiger partial charge on any atom is -0.493 e. The van der Waals surface area contributed by atoms with Gasteiger partial charge in [0.2, 0.25) is 5.91 Å². The van der Waals surface area contributed by atoms with Crippen LogP contribution in [0.1, 0.15) is 24.4 Å². The van der Waals surface area contributed by atoms with Crippen LogP contribution in [0, 0.1) is 5.82 Å². The summed E-state index contributed by atoms with van der Waals surface area (Å²) in [6, 6.07) is 4.17. The highest BCUT2D eigenvalue weighted by molar-refractivity contribution is 5.76. The molecule has 1 atom stereocenters. The number of nitrogens with one attached hydrogen (secondary N) is 1. The van der Waals surface area contributed by atoms with Crippen LogP contribution in [0.3, 0.4) is 0 Å². The molecule has 110 valence electrons. The average molecular weight is 291 g/mol. The van der Waals surface area contributed by atoms with Gasteiger partial charge in [0, 0.05) is 11.6 Å². The molecule has 0 bridgehead atoms. The van der Waals surface area contributed by atoms with Gasteiger partial charge < -0.3 is 10.1 Å². The molecular formula is C13H14FN5O2. The second-order valence-corrected chi connectivity index (χ2v) is 4.80. The van der Waals surface area contributed by atoms with Crippen LogP contribution < -0.4 is 10.1 Å². The summed E-state index contributed by atoms with van der Waals surface area (Å²) >= 11 is 0. The van der Waals surface area contributed by atoms with Crippen molar-refractivity contribution < 1.29 is 13.9 Å². The summed E-state index contributed by atoms with van der Waals surface area (Å²) in [7, 11) is 0. The Bertz CT molecular complexity index is 631. The third-order valence-corrected chi connectivity index (χ3v) is 3.28. The standard InChI is InChI=1S/C13H14FN5O2/c14-9-3-4-10-11(2-1-5-21-12(10)6-9)16-13(20)7-19-8-15-17-18-19/h3-4,6,8,11H,1-2,5,7H2,(H,16,20). The molecule has 21 heavy (non-hydrogen) atoms. The minimum absolute atomic E-state index is 0.0425. The zero-order valence-corrected chi connectivity index (χ0v) is 11.2. The molecule has 7 nitrogen and oxygen atoms in total. The Balaban J connectivity index is 1.74. The topological polar surface area (TPSA) is 81.9 Å². The maximum absolute atomic E-state index is 13.3. The van der Waals surface area contributed by atoms with E-state index < -0.39 is 0 Å². The lowest BCUT2D eigenvalue weighted by molar-refractivity contribution is -0.122. The van der Waals surface area contributed by atoms with Gasteiger partial charge in [-0.1, -0.05) is 6.07 Å². The first-order valence-corrected chi connectivity index (χ1v) is 6.65. The van der Waals surface area contributed by atoms with E-state index in [0.717, 1.165) is 18.4 Å². The Morgan fingerprint density at radius 1 is 1.52 bits per heavy atom. The molecule has 1 aromatic carbocycles. The second kappa shape index (κ2) is 5.86. The normalized spacial score (nSPS) is 17.5. The third-order valence-electron chi connectivity index (χ3n) is 3.28. The first-order chi connectivity index (χ1) is 10.2. The highest BCUT2D eigenvalue weighted by Gasteiger charge is 2.22. The largest absolute Gasteiger partial charge is 0.493 e. The lowest BCUT2D eigenvalue weighted by Gasteiger charge is -2.18. The fourth-order valence-corrected chi connectivity index (χ4v) is 2.34.